The summed E-state index contributed by atoms with van der Waals surface area (Å²) in [7, 11) is 0. The molecule has 0 bridgehead atoms. The number of aromatic nitrogens is 2. The molecule has 0 saturated carbocycles. The molecule has 150 valence electrons. The van der Waals surface area contributed by atoms with E-state index in [4.69, 9.17) is 4.98 Å². The van der Waals surface area contributed by atoms with Crippen molar-refractivity contribution >= 4 is 28.3 Å². The van der Waals surface area contributed by atoms with Crippen molar-refractivity contribution in [1.29, 1.82) is 0 Å². The van der Waals surface area contributed by atoms with Gasteiger partial charge in [-0.25, -0.2) is 9.97 Å². The third-order valence-electron chi connectivity index (χ3n) is 5.42. The quantitative estimate of drug-likeness (QED) is 0.621. The van der Waals surface area contributed by atoms with Crippen molar-refractivity contribution in [3.63, 3.8) is 0 Å². The lowest BCUT2D eigenvalue weighted by molar-refractivity contribution is -0.143. The standard InChI is InChI=1S/C22H24N4O2S/c1-15(21(27)28)26-12-10-16(11-13-26)18-8-5-9-20(24-18)25-22-23-14-19(29-22)17-6-3-2-4-7-17/h2-9,14-16H,10-13H2,1H3,(H,27,28)(H,23,24,25)/t15-/m0/s1. The number of carboxylic acid groups (broad SMARTS) is 1. The van der Waals surface area contributed by atoms with E-state index in [-0.39, 0.29) is 0 Å². The maximum Gasteiger partial charge on any atom is 0.320 e. The number of hydrogen-bond acceptors (Lipinski definition) is 6. The number of carboxylic acids is 1. The van der Waals surface area contributed by atoms with Crippen molar-refractivity contribution in [1.82, 2.24) is 14.9 Å². The zero-order chi connectivity index (χ0) is 20.2. The number of aliphatic carboxylic acids is 1. The zero-order valence-electron chi connectivity index (χ0n) is 16.3. The highest BCUT2D eigenvalue weighted by Crippen LogP contribution is 2.32. The molecule has 1 aliphatic rings. The Kier molecular flexibility index (Phi) is 5.87. The van der Waals surface area contributed by atoms with Crippen LogP contribution >= 0.6 is 11.3 Å². The Morgan fingerprint density at radius 2 is 1.93 bits per heavy atom. The minimum atomic E-state index is -0.758. The summed E-state index contributed by atoms with van der Waals surface area (Å²) in [4.78, 5) is 23.6. The van der Waals surface area contributed by atoms with Crippen LogP contribution in [0.15, 0.2) is 54.7 Å². The number of benzene rings is 1. The lowest BCUT2D eigenvalue weighted by atomic mass is 9.92. The van der Waals surface area contributed by atoms with Crippen LogP contribution in [-0.2, 0) is 4.79 Å². The van der Waals surface area contributed by atoms with Gasteiger partial charge in [-0.1, -0.05) is 47.7 Å². The van der Waals surface area contributed by atoms with Gasteiger partial charge in [0.1, 0.15) is 11.9 Å². The molecule has 0 spiro atoms. The van der Waals surface area contributed by atoms with E-state index in [1.807, 2.05) is 41.4 Å². The fourth-order valence-corrected chi connectivity index (χ4v) is 4.49. The van der Waals surface area contributed by atoms with Gasteiger partial charge in [-0.2, -0.15) is 0 Å². The molecule has 3 aromatic rings. The molecule has 0 radical (unpaired) electrons. The number of likely N-dealkylation sites (tertiary alicyclic amines) is 1. The predicted molar refractivity (Wildman–Crippen MR) is 116 cm³/mol. The van der Waals surface area contributed by atoms with Crippen LogP contribution < -0.4 is 5.32 Å². The number of piperidine rings is 1. The molecular formula is C22H24N4O2S. The molecule has 2 aromatic heterocycles. The number of thiazole rings is 1. The maximum atomic E-state index is 11.2. The molecule has 1 aliphatic heterocycles. The van der Waals surface area contributed by atoms with Crippen LogP contribution in [0.1, 0.15) is 31.4 Å². The van der Waals surface area contributed by atoms with E-state index in [1.54, 1.807) is 18.3 Å². The summed E-state index contributed by atoms with van der Waals surface area (Å²) in [6.45, 7) is 3.32. The lowest BCUT2D eigenvalue weighted by Crippen LogP contribution is -2.43. The molecule has 29 heavy (non-hydrogen) atoms. The van der Waals surface area contributed by atoms with E-state index < -0.39 is 12.0 Å². The van der Waals surface area contributed by atoms with Crippen LogP contribution in [0, 0.1) is 0 Å². The molecule has 6 nitrogen and oxygen atoms in total. The van der Waals surface area contributed by atoms with Gasteiger partial charge in [-0.3, -0.25) is 9.69 Å². The molecule has 1 aromatic carbocycles. The second-order valence-electron chi connectivity index (χ2n) is 7.29. The first-order chi connectivity index (χ1) is 14.1. The summed E-state index contributed by atoms with van der Waals surface area (Å²) in [5.41, 5.74) is 2.21. The molecular weight excluding hydrogens is 384 g/mol. The van der Waals surface area contributed by atoms with E-state index >= 15 is 0 Å². The SMILES string of the molecule is C[C@@H](C(=O)O)N1CCC(c2cccc(Nc3ncc(-c4ccccc4)s3)n2)CC1. The lowest BCUT2D eigenvalue weighted by Gasteiger charge is -2.34. The van der Waals surface area contributed by atoms with Crippen molar-refractivity contribution in [3.05, 3.63) is 60.4 Å². The molecule has 0 unspecified atom stereocenters. The van der Waals surface area contributed by atoms with Gasteiger partial charge >= 0.3 is 5.97 Å². The Balaban J connectivity index is 1.41. The zero-order valence-corrected chi connectivity index (χ0v) is 17.1. The van der Waals surface area contributed by atoms with Gasteiger partial charge in [0.05, 0.1) is 4.88 Å². The summed E-state index contributed by atoms with van der Waals surface area (Å²) in [5.74, 6) is 0.383. The fraction of sp³-hybridized carbons (Fsp3) is 0.318. The number of hydrogen-bond donors (Lipinski definition) is 2. The average Bonchev–Trinajstić information content (AvgIpc) is 3.22. The molecule has 7 heteroatoms. The molecule has 2 N–H and O–H groups in total. The van der Waals surface area contributed by atoms with Gasteiger partial charge in [-0.05, 0) is 50.6 Å². The van der Waals surface area contributed by atoms with Gasteiger partial charge in [-0.15, -0.1) is 0 Å². The van der Waals surface area contributed by atoms with E-state index in [9.17, 15) is 9.90 Å². The molecule has 0 aliphatic carbocycles. The summed E-state index contributed by atoms with van der Waals surface area (Å²) in [5, 5.41) is 13.3. The summed E-state index contributed by atoms with van der Waals surface area (Å²) >= 11 is 1.60. The van der Waals surface area contributed by atoms with Gasteiger partial charge in [0, 0.05) is 17.8 Å². The number of rotatable bonds is 6. The van der Waals surface area contributed by atoms with E-state index in [1.165, 1.54) is 0 Å². The average molecular weight is 409 g/mol. The van der Waals surface area contributed by atoms with E-state index in [2.05, 4.69) is 28.5 Å². The first-order valence-corrected chi connectivity index (χ1v) is 10.6. The normalized spacial score (nSPS) is 16.4. The van der Waals surface area contributed by atoms with Crippen molar-refractivity contribution in [2.45, 2.75) is 31.7 Å². The molecule has 0 amide bonds. The molecule has 1 fully saturated rings. The molecule has 1 saturated heterocycles. The van der Waals surface area contributed by atoms with Gasteiger partial charge in [0.25, 0.3) is 0 Å². The highest BCUT2D eigenvalue weighted by Gasteiger charge is 2.27. The first-order valence-electron chi connectivity index (χ1n) is 9.82. The number of nitrogens with one attached hydrogen (secondary N) is 1. The topological polar surface area (TPSA) is 78.4 Å². The second-order valence-corrected chi connectivity index (χ2v) is 8.32. The first kappa shape index (κ1) is 19.5. The fourth-order valence-electron chi connectivity index (χ4n) is 3.66. The van der Waals surface area contributed by atoms with Crippen molar-refractivity contribution in [3.8, 4) is 10.4 Å². The van der Waals surface area contributed by atoms with Crippen LogP contribution in [0.5, 0.6) is 0 Å². The molecule has 3 heterocycles. The van der Waals surface area contributed by atoms with Gasteiger partial charge < -0.3 is 10.4 Å². The maximum absolute atomic E-state index is 11.2. The van der Waals surface area contributed by atoms with Crippen LogP contribution in [0.25, 0.3) is 10.4 Å². The van der Waals surface area contributed by atoms with Crippen LogP contribution in [0.4, 0.5) is 10.9 Å². The van der Waals surface area contributed by atoms with E-state index in [0.29, 0.717) is 5.92 Å². The number of carbonyl (C=O) groups is 1. The van der Waals surface area contributed by atoms with Crippen molar-refractivity contribution in [2.24, 2.45) is 0 Å². The Morgan fingerprint density at radius 1 is 1.17 bits per heavy atom. The Hall–Kier alpha value is -2.77. The molecule has 4 rings (SSSR count). The summed E-state index contributed by atoms with van der Waals surface area (Å²) in [6.07, 6.45) is 3.72. The van der Waals surface area contributed by atoms with Crippen LogP contribution in [-0.4, -0.2) is 45.1 Å². The highest BCUT2D eigenvalue weighted by atomic mass is 32.1. The van der Waals surface area contributed by atoms with Gasteiger partial charge in [0.2, 0.25) is 0 Å². The second kappa shape index (κ2) is 8.71. The Labute approximate surface area is 174 Å². The van der Waals surface area contributed by atoms with Crippen molar-refractivity contribution in [2.75, 3.05) is 18.4 Å². The minimum absolute atomic E-state index is 0.352. The third-order valence-corrected chi connectivity index (χ3v) is 6.38. The number of anilines is 2. The van der Waals surface area contributed by atoms with Crippen molar-refractivity contribution < 1.29 is 9.90 Å². The Morgan fingerprint density at radius 3 is 2.66 bits per heavy atom. The Bertz CT molecular complexity index is 968. The largest absolute Gasteiger partial charge is 0.480 e. The smallest absolute Gasteiger partial charge is 0.320 e. The van der Waals surface area contributed by atoms with Gasteiger partial charge in [0.15, 0.2) is 5.13 Å². The third kappa shape index (κ3) is 4.63. The summed E-state index contributed by atoms with van der Waals surface area (Å²) < 4.78 is 0. The highest BCUT2D eigenvalue weighted by molar-refractivity contribution is 7.18. The van der Waals surface area contributed by atoms with Crippen LogP contribution in [0.2, 0.25) is 0 Å². The summed E-state index contributed by atoms with van der Waals surface area (Å²) in [6, 6.07) is 15.8. The number of pyridine rings is 1. The number of nitrogens with zero attached hydrogens (tertiary/aromatic N) is 3. The molecule has 1 atom stereocenters. The van der Waals surface area contributed by atoms with Crippen LogP contribution in [0.3, 0.4) is 0 Å². The predicted octanol–water partition coefficient (Wildman–Crippen LogP) is 4.60. The van der Waals surface area contributed by atoms with E-state index in [0.717, 1.165) is 53.0 Å². The minimum Gasteiger partial charge on any atom is -0.480 e. The monoisotopic (exact) mass is 408 g/mol.